The molecule has 1 aliphatic rings. The summed E-state index contributed by atoms with van der Waals surface area (Å²) in [6.45, 7) is 3.82. The number of hydrogen-bond donors (Lipinski definition) is 2. The van der Waals surface area contributed by atoms with Gasteiger partial charge in [0, 0.05) is 6.20 Å². The maximum absolute atomic E-state index is 11.2. The zero-order chi connectivity index (χ0) is 13.1. The molecule has 0 saturated heterocycles. The van der Waals surface area contributed by atoms with Gasteiger partial charge >= 0.3 is 5.97 Å². The van der Waals surface area contributed by atoms with Crippen LogP contribution in [0.15, 0.2) is 18.3 Å². The van der Waals surface area contributed by atoms with Crippen molar-refractivity contribution >= 4 is 11.7 Å². The number of hydrogen-bond acceptors (Lipinski definition) is 4. The highest BCUT2D eigenvalue weighted by molar-refractivity contribution is 5.78. The van der Waals surface area contributed by atoms with Crippen molar-refractivity contribution in [3.8, 4) is 5.88 Å². The average Bonchev–Trinajstić information content (AvgIpc) is 3.10. The monoisotopic (exact) mass is 250 g/mol. The molecule has 0 amide bonds. The molecule has 5 heteroatoms. The first-order valence-electron chi connectivity index (χ1n) is 6.19. The fourth-order valence-corrected chi connectivity index (χ4v) is 1.80. The summed E-state index contributed by atoms with van der Waals surface area (Å²) in [5, 5.41) is 12.2. The zero-order valence-electron chi connectivity index (χ0n) is 10.6. The highest BCUT2D eigenvalue weighted by Crippen LogP contribution is 2.35. The molecule has 18 heavy (non-hydrogen) atoms. The van der Waals surface area contributed by atoms with Gasteiger partial charge in [-0.1, -0.05) is 0 Å². The Morgan fingerprint density at radius 1 is 1.56 bits per heavy atom. The molecule has 0 spiro atoms. The lowest BCUT2D eigenvalue weighted by Crippen LogP contribution is -2.31. The summed E-state index contributed by atoms with van der Waals surface area (Å²) >= 11 is 0. The summed E-state index contributed by atoms with van der Waals surface area (Å²) in [7, 11) is 0. The average molecular weight is 250 g/mol. The first-order chi connectivity index (χ1) is 8.58. The van der Waals surface area contributed by atoms with E-state index in [1.807, 2.05) is 13.8 Å². The fourth-order valence-electron chi connectivity index (χ4n) is 1.80. The fraction of sp³-hybridized carbons (Fsp3) is 0.538. The molecule has 0 aromatic carbocycles. The van der Waals surface area contributed by atoms with Crippen molar-refractivity contribution < 1.29 is 14.6 Å². The number of ether oxygens (including phenoxy) is 1. The summed E-state index contributed by atoms with van der Waals surface area (Å²) in [5.74, 6) is -0.147. The molecule has 1 atom stereocenters. The topological polar surface area (TPSA) is 71.5 Å². The number of nitrogens with zero attached hydrogens (tertiary/aromatic N) is 1. The second-order valence-electron chi connectivity index (χ2n) is 4.82. The van der Waals surface area contributed by atoms with Gasteiger partial charge in [0.05, 0.1) is 11.8 Å². The van der Waals surface area contributed by atoms with Crippen molar-refractivity contribution in [2.45, 2.75) is 38.8 Å². The lowest BCUT2D eigenvalue weighted by atomic mass is 10.2. The van der Waals surface area contributed by atoms with E-state index in [-0.39, 0.29) is 12.0 Å². The molecule has 5 nitrogen and oxygen atoms in total. The predicted molar refractivity (Wildman–Crippen MR) is 67.8 cm³/mol. The summed E-state index contributed by atoms with van der Waals surface area (Å²) < 4.78 is 5.56. The van der Waals surface area contributed by atoms with Crippen LogP contribution in [0, 0.1) is 5.92 Å². The largest absolute Gasteiger partial charge is 0.480 e. The molecule has 2 N–H and O–H groups in total. The first kappa shape index (κ1) is 12.7. The standard InChI is InChI=1S/C13H18N2O3/c1-8(2)18-12-10(4-3-7-14-12)15-11(13(16)17)9-5-6-9/h3-4,7-9,11,15H,5-6H2,1-2H3,(H,16,17). The second-order valence-corrected chi connectivity index (χ2v) is 4.82. The minimum absolute atomic E-state index is 0.00431. The Balaban J connectivity index is 2.14. The zero-order valence-corrected chi connectivity index (χ0v) is 10.6. The highest BCUT2D eigenvalue weighted by Gasteiger charge is 2.36. The second kappa shape index (κ2) is 5.25. The Labute approximate surface area is 106 Å². The van der Waals surface area contributed by atoms with E-state index in [0.29, 0.717) is 11.6 Å². The third kappa shape index (κ3) is 3.12. The Morgan fingerprint density at radius 2 is 2.28 bits per heavy atom. The van der Waals surface area contributed by atoms with Crippen molar-refractivity contribution in [2.75, 3.05) is 5.32 Å². The first-order valence-corrected chi connectivity index (χ1v) is 6.19. The van der Waals surface area contributed by atoms with Crippen molar-refractivity contribution in [1.29, 1.82) is 0 Å². The number of rotatable bonds is 6. The number of aromatic nitrogens is 1. The normalized spacial score (nSPS) is 16.4. The van der Waals surface area contributed by atoms with E-state index in [1.54, 1.807) is 18.3 Å². The van der Waals surface area contributed by atoms with Gasteiger partial charge in [0.15, 0.2) is 0 Å². The molecule has 2 rings (SSSR count). The van der Waals surface area contributed by atoms with Gasteiger partial charge in [-0.3, -0.25) is 0 Å². The molecule has 1 fully saturated rings. The van der Waals surface area contributed by atoms with Gasteiger partial charge in [0.1, 0.15) is 6.04 Å². The molecule has 98 valence electrons. The lowest BCUT2D eigenvalue weighted by molar-refractivity contribution is -0.138. The van der Waals surface area contributed by atoms with Crippen molar-refractivity contribution in [3.05, 3.63) is 18.3 Å². The molecule has 0 aliphatic heterocycles. The number of aliphatic carboxylic acids is 1. The van der Waals surface area contributed by atoms with Gasteiger partial charge in [-0.05, 0) is 44.7 Å². The Morgan fingerprint density at radius 3 is 2.83 bits per heavy atom. The minimum atomic E-state index is -0.822. The highest BCUT2D eigenvalue weighted by atomic mass is 16.5. The smallest absolute Gasteiger partial charge is 0.326 e. The van der Waals surface area contributed by atoms with Crippen LogP contribution in [0.4, 0.5) is 5.69 Å². The van der Waals surface area contributed by atoms with Gasteiger partial charge in [-0.15, -0.1) is 0 Å². The van der Waals surface area contributed by atoms with E-state index in [2.05, 4.69) is 10.3 Å². The number of carboxylic acid groups (broad SMARTS) is 1. The van der Waals surface area contributed by atoms with E-state index in [0.717, 1.165) is 12.8 Å². The SMILES string of the molecule is CC(C)Oc1ncccc1NC(C(=O)O)C1CC1. The van der Waals surface area contributed by atoms with Gasteiger partial charge in [-0.2, -0.15) is 0 Å². The van der Waals surface area contributed by atoms with Crippen LogP contribution in [0.2, 0.25) is 0 Å². The van der Waals surface area contributed by atoms with Crippen LogP contribution < -0.4 is 10.1 Å². The minimum Gasteiger partial charge on any atom is -0.480 e. The van der Waals surface area contributed by atoms with Crippen LogP contribution in [-0.4, -0.2) is 28.2 Å². The summed E-state index contributed by atoms with van der Waals surface area (Å²) in [6, 6.07) is 3.01. The summed E-state index contributed by atoms with van der Waals surface area (Å²) in [5.41, 5.74) is 0.644. The van der Waals surface area contributed by atoms with Crippen LogP contribution >= 0.6 is 0 Å². The number of carbonyl (C=O) groups is 1. The Bertz CT molecular complexity index is 430. The number of nitrogens with one attached hydrogen (secondary N) is 1. The molecule has 1 aliphatic carbocycles. The predicted octanol–water partition coefficient (Wildman–Crippen LogP) is 2.14. The summed E-state index contributed by atoms with van der Waals surface area (Å²) in [4.78, 5) is 15.3. The Kier molecular flexibility index (Phi) is 3.69. The van der Waals surface area contributed by atoms with E-state index in [4.69, 9.17) is 4.74 Å². The lowest BCUT2D eigenvalue weighted by Gasteiger charge is -2.18. The quantitative estimate of drug-likeness (QED) is 0.809. The third-order valence-electron chi connectivity index (χ3n) is 2.79. The molecule has 1 aromatic rings. The van der Waals surface area contributed by atoms with Crippen LogP contribution in [0.3, 0.4) is 0 Å². The van der Waals surface area contributed by atoms with Gasteiger partial charge in [0.2, 0.25) is 5.88 Å². The number of carboxylic acids is 1. The molecular formula is C13H18N2O3. The van der Waals surface area contributed by atoms with Crippen LogP contribution in [0.25, 0.3) is 0 Å². The maximum atomic E-state index is 11.2. The van der Waals surface area contributed by atoms with Crippen LogP contribution in [0.1, 0.15) is 26.7 Å². The molecular weight excluding hydrogens is 232 g/mol. The van der Waals surface area contributed by atoms with Crippen molar-refractivity contribution in [1.82, 2.24) is 4.98 Å². The van der Waals surface area contributed by atoms with E-state index < -0.39 is 12.0 Å². The Hall–Kier alpha value is -1.78. The molecule has 1 aromatic heterocycles. The molecule has 1 unspecified atom stereocenters. The molecule has 1 saturated carbocycles. The molecule has 0 bridgehead atoms. The summed E-state index contributed by atoms with van der Waals surface area (Å²) in [6.07, 6.45) is 3.56. The van der Waals surface area contributed by atoms with Crippen LogP contribution in [0.5, 0.6) is 5.88 Å². The third-order valence-corrected chi connectivity index (χ3v) is 2.79. The number of pyridine rings is 1. The molecule has 1 heterocycles. The van der Waals surface area contributed by atoms with Crippen molar-refractivity contribution in [2.24, 2.45) is 5.92 Å². The number of anilines is 1. The maximum Gasteiger partial charge on any atom is 0.326 e. The van der Waals surface area contributed by atoms with Gasteiger partial charge in [0.25, 0.3) is 0 Å². The van der Waals surface area contributed by atoms with Gasteiger partial charge < -0.3 is 15.2 Å². The molecule has 0 radical (unpaired) electrons. The van der Waals surface area contributed by atoms with Crippen molar-refractivity contribution in [3.63, 3.8) is 0 Å². The van der Waals surface area contributed by atoms with E-state index in [1.165, 1.54) is 0 Å². The van der Waals surface area contributed by atoms with Gasteiger partial charge in [-0.25, -0.2) is 9.78 Å². The van der Waals surface area contributed by atoms with E-state index in [9.17, 15) is 9.90 Å². The van der Waals surface area contributed by atoms with E-state index >= 15 is 0 Å². The van der Waals surface area contributed by atoms with Crippen LogP contribution in [-0.2, 0) is 4.79 Å².